The van der Waals surface area contributed by atoms with E-state index in [0.29, 0.717) is 31.4 Å². The van der Waals surface area contributed by atoms with Crippen LogP contribution in [0.4, 0.5) is 5.82 Å². The Morgan fingerprint density at radius 1 is 1.39 bits per heavy atom. The van der Waals surface area contributed by atoms with Gasteiger partial charge in [0.05, 0.1) is 31.5 Å². The fraction of sp³-hybridized carbons (Fsp3) is 0.476. The Balaban J connectivity index is 1.13. The van der Waals surface area contributed by atoms with E-state index in [2.05, 4.69) is 32.3 Å². The smallest absolute Gasteiger partial charge is 0.253 e. The number of halogens is 1. The lowest BCUT2D eigenvalue weighted by Gasteiger charge is -2.44. The van der Waals surface area contributed by atoms with E-state index in [1.54, 1.807) is 22.9 Å². The number of nitrogens with zero attached hydrogens (tertiary/aromatic N) is 4. The summed E-state index contributed by atoms with van der Waals surface area (Å²) in [5, 5.41) is 15.1. The molecule has 3 aliphatic rings. The standard InChI is InChI=1S/C21H24ClN5O3S/c22-18-8-24-19-20(25-18)31-12-14-9-26(5-6-27(14)19)21(29)17(28)11-30-10-16-15-4-2-1-3-13(15)7-23-16/h1-4,8,14,16-17,23,28H,5-7,9-12H2. The van der Waals surface area contributed by atoms with E-state index in [1.165, 1.54) is 11.1 Å². The molecule has 0 aliphatic carbocycles. The van der Waals surface area contributed by atoms with E-state index < -0.39 is 6.10 Å². The average Bonchev–Trinajstić information content (AvgIpc) is 3.21. The maximum Gasteiger partial charge on any atom is 0.253 e. The fourth-order valence-corrected chi connectivity index (χ4v) is 5.68. The molecule has 31 heavy (non-hydrogen) atoms. The molecule has 0 saturated carbocycles. The third-order valence-electron chi connectivity index (χ3n) is 5.99. The molecule has 2 N–H and O–H groups in total. The molecule has 1 fully saturated rings. The first-order chi connectivity index (χ1) is 15.1. The molecule has 0 spiro atoms. The van der Waals surface area contributed by atoms with Crippen molar-refractivity contribution in [2.24, 2.45) is 0 Å². The van der Waals surface area contributed by atoms with Gasteiger partial charge in [0.1, 0.15) is 10.2 Å². The topological polar surface area (TPSA) is 90.8 Å². The summed E-state index contributed by atoms with van der Waals surface area (Å²) in [4.78, 5) is 25.5. The summed E-state index contributed by atoms with van der Waals surface area (Å²) >= 11 is 7.56. The Labute approximate surface area is 189 Å². The molecule has 1 aromatic carbocycles. The van der Waals surface area contributed by atoms with Crippen molar-refractivity contribution in [3.63, 3.8) is 0 Å². The molecule has 4 heterocycles. The van der Waals surface area contributed by atoms with Crippen LogP contribution < -0.4 is 10.2 Å². The van der Waals surface area contributed by atoms with Crippen molar-refractivity contribution in [3.8, 4) is 0 Å². The van der Waals surface area contributed by atoms with Gasteiger partial charge in [0.2, 0.25) is 0 Å². The highest BCUT2D eigenvalue weighted by Crippen LogP contribution is 2.36. The summed E-state index contributed by atoms with van der Waals surface area (Å²) in [5.74, 6) is 1.34. The average molecular weight is 462 g/mol. The largest absolute Gasteiger partial charge is 0.381 e. The van der Waals surface area contributed by atoms with Crippen molar-refractivity contribution >= 4 is 35.1 Å². The number of fused-ring (bicyclic) bond motifs is 4. The van der Waals surface area contributed by atoms with Gasteiger partial charge in [0, 0.05) is 31.9 Å². The second-order valence-electron chi connectivity index (χ2n) is 7.95. The number of carbonyl (C=O) groups is 1. The van der Waals surface area contributed by atoms with E-state index in [-0.39, 0.29) is 24.6 Å². The highest BCUT2D eigenvalue weighted by molar-refractivity contribution is 7.99. The van der Waals surface area contributed by atoms with Crippen LogP contribution in [0.5, 0.6) is 0 Å². The van der Waals surface area contributed by atoms with E-state index in [9.17, 15) is 9.90 Å². The highest BCUT2D eigenvalue weighted by atomic mass is 35.5. The van der Waals surface area contributed by atoms with Gasteiger partial charge in [-0.2, -0.15) is 0 Å². The van der Waals surface area contributed by atoms with E-state index in [1.807, 2.05) is 12.1 Å². The fourth-order valence-electron chi connectivity index (χ4n) is 4.40. The molecule has 1 amide bonds. The molecule has 1 aromatic heterocycles. The number of aliphatic hydroxyl groups is 1. The van der Waals surface area contributed by atoms with Crippen molar-refractivity contribution in [2.75, 3.05) is 43.5 Å². The molecule has 8 nitrogen and oxygen atoms in total. The molecule has 3 atom stereocenters. The Hall–Kier alpha value is -1.91. The summed E-state index contributed by atoms with van der Waals surface area (Å²) < 4.78 is 5.71. The second kappa shape index (κ2) is 8.91. The first kappa shape index (κ1) is 21.0. The van der Waals surface area contributed by atoms with Gasteiger partial charge in [-0.05, 0) is 11.1 Å². The molecule has 0 bridgehead atoms. The Morgan fingerprint density at radius 2 is 2.26 bits per heavy atom. The van der Waals surface area contributed by atoms with E-state index in [4.69, 9.17) is 16.3 Å². The molecule has 10 heteroatoms. The maximum absolute atomic E-state index is 12.8. The summed E-state index contributed by atoms with van der Waals surface area (Å²) in [6, 6.07) is 8.45. The summed E-state index contributed by atoms with van der Waals surface area (Å²) in [7, 11) is 0. The summed E-state index contributed by atoms with van der Waals surface area (Å²) in [5.41, 5.74) is 2.49. The van der Waals surface area contributed by atoms with Crippen LogP contribution in [0.25, 0.3) is 0 Å². The molecule has 3 aliphatic heterocycles. The third kappa shape index (κ3) is 4.25. The number of rotatable bonds is 5. The van der Waals surface area contributed by atoms with Gasteiger partial charge in [-0.1, -0.05) is 35.9 Å². The number of anilines is 1. The van der Waals surface area contributed by atoms with Crippen LogP contribution in [0.2, 0.25) is 5.15 Å². The molecule has 2 aromatic rings. The molecule has 0 radical (unpaired) electrons. The van der Waals surface area contributed by atoms with E-state index >= 15 is 0 Å². The molecule has 3 unspecified atom stereocenters. The van der Waals surface area contributed by atoms with Crippen LogP contribution in [0.15, 0.2) is 35.5 Å². The minimum atomic E-state index is -1.16. The van der Waals surface area contributed by atoms with E-state index in [0.717, 1.165) is 23.1 Å². The van der Waals surface area contributed by atoms with Crippen LogP contribution >= 0.6 is 23.4 Å². The predicted octanol–water partition coefficient (Wildman–Crippen LogP) is 1.47. The number of thioether (sulfide) groups is 1. The molecule has 164 valence electrons. The molecular weight excluding hydrogens is 438 g/mol. The number of carbonyl (C=O) groups excluding carboxylic acids is 1. The minimum Gasteiger partial charge on any atom is -0.381 e. The zero-order valence-electron chi connectivity index (χ0n) is 16.9. The van der Waals surface area contributed by atoms with Crippen LogP contribution in [-0.2, 0) is 16.1 Å². The zero-order valence-corrected chi connectivity index (χ0v) is 18.5. The van der Waals surface area contributed by atoms with Gasteiger partial charge in [-0.3, -0.25) is 4.79 Å². The lowest BCUT2D eigenvalue weighted by atomic mass is 10.1. The number of aliphatic hydroxyl groups excluding tert-OH is 1. The number of benzene rings is 1. The number of aromatic nitrogens is 2. The number of amides is 1. The summed E-state index contributed by atoms with van der Waals surface area (Å²) in [6.45, 7) is 2.95. The minimum absolute atomic E-state index is 0.00831. The van der Waals surface area contributed by atoms with Crippen molar-refractivity contribution in [1.82, 2.24) is 20.2 Å². The van der Waals surface area contributed by atoms with Gasteiger partial charge < -0.3 is 25.0 Å². The second-order valence-corrected chi connectivity index (χ2v) is 9.35. The van der Waals surface area contributed by atoms with Crippen molar-refractivity contribution in [1.29, 1.82) is 0 Å². The summed E-state index contributed by atoms with van der Waals surface area (Å²) in [6.07, 6.45) is 0.393. The zero-order chi connectivity index (χ0) is 21.4. The predicted molar refractivity (Wildman–Crippen MR) is 118 cm³/mol. The maximum atomic E-state index is 12.8. The molecule has 5 rings (SSSR count). The number of piperazine rings is 1. The lowest BCUT2D eigenvalue weighted by Crippen LogP contribution is -2.59. The highest BCUT2D eigenvalue weighted by Gasteiger charge is 2.37. The number of hydrogen-bond acceptors (Lipinski definition) is 8. The third-order valence-corrected chi connectivity index (χ3v) is 7.27. The first-order valence-corrected chi connectivity index (χ1v) is 11.7. The van der Waals surface area contributed by atoms with Crippen molar-refractivity contribution in [3.05, 3.63) is 46.7 Å². The Morgan fingerprint density at radius 3 is 3.16 bits per heavy atom. The normalized spacial score (nSPS) is 23.2. The van der Waals surface area contributed by atoms with Gasteiger partial charge in [-0.15, -0.1) is 11.8 Å². The quantitative estimate of drug-likeness (QED) is 0.692. The number of ether oxygens (including phenoxy) is 1. The Kier molecular flexibility index (Phi) is 6.03. The lowest BCUT2D eigenvalue weighted by molar-refractivity contribution is -0.144. The van der Waals surface area contributed by atoms with Gasteiger partial charge in [0.25, 0.3) is 5.91 Å². The van der Waals surface area contributed by atoms with Crippen LogP contribution in [0.3, 0.4) is 0 Å². The van der Waals surface area contributed by atoms with Crippen molar-refractivity contribution < 1.29 is 14.6 Å². The first-order valence-electron chi connectivity index (χ1n) is 10.4. The van der Waals surface area contributed by atoms with Crippen LogP contribution in [0, 0.1) is 0 Å². The van der Waals surface area contributed by atoms with Gasteiger partial charge >= 0.3 is 0 Å². The SMILES string of the molecule is O=C(C(O)COCC1NCc2ccccc21)N1CCN2c3ncc(Cl)nc3SCC2C1. The van der Waals surface area contributed by atoms with Gasteiger partial charge in [0.15, 0.2) is 11.9 Å². The van der Waals surface area contributed by atoms with Crippen LogP contribution in [-0.4, -0.2) is 76.6 Å². The van der Waals surface area contributed by atoms with Gasteiger partial charge in [-0.25, -0.2) is 9.97 Å². The molecular formula is C21H24ClN5O3S. The number of nitrogens with one attached hydrogen (secondary N) is 1. The monoisotopic (exact) mass is 461 g/mol. The molecule has 1 saturated heterocycles. The Bertz CT molecular complexity index is 980. The van der Waals surface area contributed by atoms with Crippen molar-refractivity contribution in [2.45, 2.75) is 29.8 Å². The number of hydrogen-bond donors (Lipinski definition) is 2. The van der Waals surface area contributed by atoms with Crippen LogP contribution in [0.1, 0.15) is 17.2 Å².